The zero-order valence-electron chi connectivity index (χ0n) is 11.0. The number of carbonyl (C=O) groups excluding carboxylic acids is 2. The number of rotatable bonds is 4. The van der Waals surface area contributed by atoms with Crippen molar-refractivity contribution in [3.63, 3.8) is 0 Å². The smallest absolute Gasteiger partial charge is 0.257 e. The van der Waals surface area contributed by atoms with Crippen LogP contribution < -0.4 is 5.32 Å². The molecule has 1 heterocycles. The first-order valence-corrected chi connectivity index (χ1v) is 6.92. The number of likely N-dealkylation sites (tertiary alicyclic amines) is 1. The van der Waals surface area contributed by atoms with Gasteiger partial charge in [-0.15, -0.1) is 0 Å². The Hall–Kier alpha value is -1.43. The highest BCUT2D eigenvalue weighted by molar-refractivity contribution is 6.30. The summed E-state index contributed by atoms with van der Waals surface area (Å²) >= 11 is 5.74. The van der Waals surface area contributed by atoms with Crippen LogP contribution in [0.4, 0.5) is 0 Å². The van der Waals surface area contributed by atoms with Gasteiger partial charge in [-0.25, -0.2) is 0 Å². The summed E-state index contributed by atoms with van der Waals surface area (Å²) in [7, 11) is 0. The lowest BCUT2D eigenvalue weighted by Gasteiger charge is -2.21. The van der Waals surface area contributed by atoms with Crippen LogP contribution in [0.2, 0.25) is 5.02 Å². The van der Waals surface area contributed by atoms with Crippen molar-refractivity contribution < 1.29 is 14.7 Å². The predicted molar refractivity (Wildman–Crippen MR) is 75.6 cm³/mol. The molecule has 2 rings (SSSR count). The average molecular weight is 297 g/mol. The van der Waals surface area contributed by atoms with Crippen molar-refractivity contribution in [1.29, 1.82) is 0 Å². The van der Waals surface area contributed by atoms with Gasteiger partial charge in [0.15, 0.2) is 0 Å². The fourth-order valence-electron chi connectivity index (χ4n) is 2.33. The van der Waals surface area contributed by atoms with Crippen molar-refractivity contribution in [3.05, 3.63) is 34.9 Å². The summed E-state index contributed by atoms with van der Waals surface area (Å²) in [4.78, 5) is 25.6. The molecule has 0 spiro atoms. The van der Waals surface area contributed by atoms with E-state index in [0.29, 0.717) is 10.6 Å². The molecule has 0 bridgehead atoms. The highest BCUT2D eigenvalue weighted by Crippen LogP contribution is 2.15. The summed E-state index contributed by atoms with van der Waals surface area (Å²) in [6.45, 7) is 0.941. The fourth-order valence-corrected chi connectivity index (χ4v) is 2.46. The van der Waals surface area contributed by atoms with Crippen LogP contribution in [0, 0.1) is 0 Å². The summed E-state index contributed by atoms with van der Waals surface area (Å²) < 4.78 is 0. The van der Waals surface area contributed by atoms with Crippen LogP contribution in [-0.4, -0.2) is 47.6 Å². The molecule has 0 aromatic heterocycles. The number of halogens is 1. The molecule has 1 aromatic rings. The maximum absolute atomic E-state index is 11.8. The number of amides is 2. The number of imide groups is 1. The molecule has 0 radical (unpaired) electrons. The highest BCUT2D eigenvalue weighted by atomic mass is 35.5. The number of aliphatic hydroxyl groups excluding tert-OH is 1. The third kappa shape index (κ3) is 3.79. The minimum Gasteiger partial charge on any atom is -0.395 e. The van der Waals surface area contributed by atoms with Crippen molar-refractivity contribution >= 4 is 23.4 Å². The Kier molecular flexibility index (Phi) is 5.11. The van der Waals surface area contributed by atoms with E-state index in [4.69, 9.17) is 11.6 Å². The molecule has 0 saturated carbocycles. The number of carbonyl (C=O) groups is 2. The molecule has 1 atom stereocenters. The second-order valence-corrected chi connectivity index (χ2v) is 5.27. The van der Waals surface area contributed by atoms with E-state index in [0.717, 1.165) is 19.4 Å². The van der Waals surface area contributed by atoms with Gasteiger partial charge in [0, 0.05) is 16.6 Å². The predicted octanol–water partition coefficient (Wildman–Crippen LogP) is 1.05. The lowest BCUT2D eigenvalue weighted by Crippen LogP contribution is -2.43. The monoisotopic (exact) mass is 296 g/mol. The highest BCUT2D eigenvalue weighted by Gasteiger charge is 2.25. The topological polar surface area (TPSA) is 69.6 Å². The number of benzene rings is 1. The summed E-state index contributed by atoms with van der Waals surface area (Å²) in [5, 5.41) is 12.1. The van der Waals surface area contributed by atoms with Crippen molar-refractivity contribution in [2.45, 2.75) is 18.9 Å². The summed E-state index contributed by atoms with van der Waals surface area (Å²) in [5.41, 5.74) is 0.392. The average Bonchev–Trinajstić information content (AvgIpc) is 2.86. The Morgan fingerprint density at radius 1 is 1.35 bits per heavy atom. The normalized spacial score (nSPS) is 19.0. The van der Waals surface area contributed by atoms with Crippen molar-refractivity contribution in [2.24, 2.45) is 0 Å². The van der Waals surface area contributed by atoms with E-state index in [2.05, 4.69) is 5.32 Å². The molecule has 1 saturated heterocycles. The largest absolute Gasteiger partial charge is 0.395 e. The van der Waals surface area contributed by atoms with E-state index in [1.807, 2.05) is 4.90 Å². The molecule has 1 fully saturated rings. The summed E-state index contributed by atoms with van der Waals surface area (Å²) in [6.07, 6.45) is 1.85. The van der Waals surface area contributed by atoms with Crippen LogP contribution in [0.15, 0.2) is 24.3 Å². The molecule has 1 aromatic carbocycles. The van der Waals surface area contributed by atoms with Gasteiger partial charge in [0.25, 0.3) is 5.91 Å². The van der Waals surface area contributed by atoms with E-state index in [1.165, 1.54) is 0 Å². The van der Waals surface area contributed by atoms with Crippen LogP contribution in [0.25, 0.3) is 0 Å². The summed E-state index contributed by atoms with van der Waals surface area (Å²) in [6, 6.07) is 6.35. The number of nitrogens with one attached hydrogen (secondary N) is 1. The van der Waals surface area contributed by atoms with E-state index in [1.54, 1.807) is 24.3 Å². The van der Waals surface area contributed by atoms with Gasteiger partial charge in [-0.2, -0.15) is 0 Å². The minimum atomic E-state index is -0.439. The second-order valence-electron chi connectivity index (χ2n) is 4.83. The van der Waals surface area contributed by atoms with Gasteiger partial charge in [-0.1, -0.05) is 11.6 Å². The first-order valence-electron chi connectivity index (χ1n) is 6.55. The maximum Gasteiger partial charge on any atom is 0.257 e. The molecule has 1 aliphatic heterocycles. The van der Waals surface area contributed by atoms with E-state index >= 15 is 0 Å². The summed E-state index contributed by atoms with van der Waals surface area (Å²) in [5.74, 6) is -0.795. The van der Waals surface area contributed by atoms with Crippen LogP contribution >= 0.6 is 11.6 Å². The Labute approximate surface area is 122 Å². The quantitative estimate of drug-likeness (QED) is 0.871. The third-order valence-corrected chi connectivity index (χ3v) is 3.67. The molecule has 2 amide bonds. The third-order valence-electron chi connectivity index (χ3n) is 3.42. The van der Waals surface area contributed by atoms with Gasteiger partial charge in [0.1, 0.15) is 0 Å². The molecule has 2 N–H and O–H groups in total. The first kappa shape index (κ1) is 15.0. The zero-order valence-corrected chi connectivity index (χ0v) is 11.8. The van der Waals surface area contributed by atoms with E-state index in [-0.39, 0.29) is 25.1 Å². The van der Waals surface area contributed by atoms with Gasteiger partial charge in [-0.3, -0.25) is 19.8 Å². The Bertz CT molecular complexity index is 490. The van der Waals surface area contributed by atoms with E-state index in [9.17, 15) is 14.7 Å². The van der Waals surface area contributed by atoms with Crippen molar-refractivity contribution in [1.82, 2.24) is 10.2 Å². The van der Waals surface area contributed by atoms with Gasteiger partial charge in [0.2, 0.25) is 5.91 Å². The molecular weight excluding hydrogens is 280 g/mol. The molecule has 5 nitrogen and oxygen atoms in total. The molecule has 20 heavy (non-hydrogen) atoms. The molecular formula is C14H17ClN2O3. The van der Waals surface area contributed by atoms with Crippen molar-refractivity contribution in [3.8, 4) is 0 Å². The zero-order chi connectivity index (χ0) is 14.5. The van der Waals surface area contributed by atoms with Gasteiger partial charge in [-0.05, 0) is 43.7 Å². The van der Waals surface area contributed by atoms with Crippen LogP contribution in [-0.2, 0) is 4.79 Å². The molecule has 1 unspecified atom stereocenters. The van der Waals surface area contributed by atoms with Crippen LogP contribution in [0.5, 0.6) is 0 Å². The van der Waals surface area contributed by atoms with Gasteiger partial charge < -0.3 is 5.11 Å². The number of aliphatic hydroxyl groups is 1. The van der Waals surface area contributed by atoms with Crippen LogP contribution in [0.3, 0.4) is 0 Å². The molecule has 1 aliphatic rings. The Morgan fingerprint density at radius 3 is 2.70 bits per heavy atom. The Morgan fingerprint density at radius 2 is 2.05 bits per heavy atom. The molecule has 6 heteroatoms. The van der Waals surface area contributed by atoms with Gasteiger partial charge >= 0.3 is 0 Å². The lowest BCUT2D eigenvalue weighted by molar-refractivity contribution is -0.121. The molecule has 0 aliphatic carbocycles. The first-order chi connectivity index (χ1) is 9.60. The second kappa shape index (κ2) is 6.83. The maximum atomic E-state index is 11.8. The number of hydrogen-bond donors (Lipinski definition) is 2. The number of nitrogens with zero attached hydrogens (tertiary/aromatic N) is 1. The fraction of sp³-hybridized carbons (Fsp3) is 0.429. The van der Waals surface area contributed by atoms with E-state index < -0.39 is 5.91 Å². The van der Waals surface area contributed by atoms with Crippen molar-refractivity contribution in [2.75, 3.05) is 19.7 Å². The van der Waals surface area contributed by atoms with Gasteiger partial charge in [0.05, 0.1) is 13.2 Å². The van der Waals surface area contributed by atoms with Crippen LogP contribution in [0.1, 0.15) is 23.2 Å². The lowest BCUT2D eigenvalue weighted by atomic mass is 10.2. The SMILES string of the molecule is O=C(CN1CCCC1CO)NC(=O)c1ccc(Cl)cc1. The Balaban J connectivity index is 1.88. The standard InChI is InChI=1S/C14H17ClN2O3/c15-11-5-3-10(4-6-11)14(20)16-13(19)8-17-7-1-2-12(17)9-18/h3-6,12,18H,1-2,7-9H2,(H,16,19,20). The minimum absolute atomic E-state index is 0.0198. The molecule has 108 valence electrons. The number of hydrogen-bond acceptors (Lipinski definition) is 4.